The number of rotatable bonds is 4. The highest BCUT2D eigenvalue weighted by atomic mass is 32.2. The van der Waals surface area contributed by atoms with E-state index in [1.807, 2.05) is 19.1 Å². The molecule has 0 saturated carbocycles. The molecule has 1 aliphatic heterocycles. The smallest absolute Gasteiger partial charge is 0.126 e. The van der Waals surface area contributed by atoms with E-state index in [1.165, 1.54) is 24.2 Å². The first kappa shape index (κ1) is 11.9. The third kappa shape index (κ3) is 3.22. The Bertz CT molecular complexity index is 348. The fourth-order valence-electron chi connectivity index (χ4n) is 2.00. The Kier molecular flexibility index (Phi) is 4.24. The Morgan fingerprint density at radius 3 is 3.06 bits per heavy atom. The average molecular weight is 239 g/mol. The zero-order chi connectivity index (χ0) is 11.4. The van der Waals surface area contributed by atoms with E-state index in [0.717, 1.165) is 23.9 Å². The Hall–Kier alpha value is -0.540. The number of hydrogen-bond donors (Lipinski definition) is 1. The molecule has 0 spiro atoms. The molecule has 1 aromatic rings. The molecule has 1 saturated heterocycles. The van der Waals surface area contributed by atoms with Gasteiger partial charge in [0.15, 0.2) is 0 Å². The zero-order valence-electron chi connectivity index (χ0n) is 9.63. The molecule has 88 valence electrons. The molecule has 1 atom stereocenters. The Morgan fingerprint density at radius 2 is 2.38 bits per heavy atom. The van der Waals surface area contributed by atoms with Crippen molar-refractivity contribution in [3.63, 3.8) is 0 Å². The Balaban J connectivity index is 1.78. The van der Waals surface area contributed by atoms with Gasteiger partial charge in [0.2, 0.25) is 0 Å². The summed E-state index contributed by atoms with van der Waals surface area (Å²) in [5, 5.41) is 4.23. The Labute approximate surface area is 101 Å². The van der Waals surface area contributed by atoms with Gasteiger partial charge in [-0.3, -0.25) is 0 Å². The molecule has 0 amide bonds. The highest BCUT2D eigenvalue weighted by Crippen LogP contribution is 2.25. The first-order valence-electron chi connectivity index (χ1n) is 5.83. The first-order valence-corrected chi connectivity index (χ1v) is 6.88. The minimum atomic E-state index is -0.116. The second-order valence-corrected chi connectivity index (χ2v) is 5.76. The maximum absolute atomic E-state index is 13.0. The molecular formula is C13H18FNS. The lowest BCUT2D eigenvalue weighted by Crippen LogP contribution is -2.22. The summed E-state index contributed by atoms with van der Waals surface area (Å²) in [7, 11) is 0. The molecule has 1 aromatic carbocycles. The third-order valence-corrected chi connectivity index (χ3v) is 4.35. The zero-order valence-corrected chi connectivity index (χ0v) is 10.4. The van der Waals surface area contributed by atoms with E-state index in [0.29, 0.717) is 0 Å². The van der Waals surface area contributed by atoms with Gasteiger partial charge in [-0.2, -0.15) is 11.8 Å². The van der Waals surface area contributed by atoms with Crippen molar-refractivity contribution in [3.8, 4) is 0 Å². The van der Waals surface area contributed by atoms with Crippen LogP contribution in [-0.2, 0) is 6.54 Å². The second-order valence-electron chi connectivity index (χ2n) is 4.35. The lowest BCUT2D eigenvalue weighted by molar-refractivity contribution is 0.613. The molecule has 1 heterocycles. The summed E-state index contributed by atoms with van der Waals surface area (Å²) < 4.78 is 13.0. The van der Waals surface area contributed by atoms with Crippen molar-refractivity contribution in [1.82, 2.24) is 5.32 Å². The maximum Gasteiger partial charge on any atom is 0.126 e. The van der Waals surface area contributed by atoms with Crippen LogP contribution in [-0.4, -0.2) is 17.5 Å². The molecule has 16 heavy (non-hydrogen) atoms. The molecule has 0 aliphatic carbocycles. The van der Waals surface area contributed by atoms with Crippen LogP contribution in [0.4, 0.5) is 4.39 Å². The third-order valence-electron chi connectivity index (χ3n) is 2.95. The van der Waals surface area contributed by atoms with Crippen LogP contribution in [0.1, 0.15) is 24.0 Å². The quantitative estimate of drug-likeness (QED) is 0.866. The van der Waals surface area contributed by atoms with Crippen LogP contribution < -0.4 is 5.32 Å². The molecule has 1 fully saturated rings. The van der Waals surface area contributed by atoms with Crippen LogP contribution in [0.3, 0.4) is 0 Å². The maximum atomic E-state index is 13.0. The van der Waals surface area contributed by atoms with Crippen LogP contribution in [0.2, 0.25) is 0 Å². The van der Waals surface area contributed by atoms with Crippen molar-refractivity contribution in [2.24, 2.45) is 0 Å². The van der Waals surface area contributed by atoms with Crippen molar-refractivity contribution < 1.29 is 4.39 Å². The summed E-state index contributed by atoms with van der Waals surface area (Å²) >= 11 is 2.06. The highest BCUT2D eigenvalue weighted by molar-refractivity contribution is 8.00. The van der Waals surface area contributed by atoms with Crippen LogP contribution in [0.25, 0.3) is 0 Å². The molecule has 1 N–H and O–H groups in total. The van der Waals surface area contributed by atoms with E-state index >= 15 is 0 Å². The number of nitrogens with one attached hydrogen (secondary N) is 1. The predicted molar refractivity (Wildman–Crippen MR) is 68.3 cm³/mol. The van der Waals surface area contributed by atoms with Gasteiger partial charge in [0, 0.05) is 18.3 Å². The minimum absolute atomic E-state index is 0.116. The Morgan fingerprint density at radius 1 is 1.50 bits per heavy atom. The molecule has 2 rings (SSSR count). The number of benzene rings is 1. The van der Waals surface area contributed by atoms with Gasteiger partial charge in [0.1, 0.15) is 5.82 Å². The van der Waals surface area contributed by atoms with Gasteiger partial charge in [0.05, 0.1) is 0 Å². The number of thioether (sulfide) groups is 1. The average Bonchev–Trinajstić information content (AvgIpc) is 2.76. The van der Waals surface area contributed by atoms with Crippen molar-refractivity contribution in [2.45, 2.75) is 31.6 Å². The van der Waals surface area contributed by atoms with Gasteiger partial charge < -0.3 is 5.32 Å². The van der Waals surface area contributed by atoms with Gasteiger partial charge >= 0.3 is 0 Å². The number of aryl methyl sites for hydroxylation is 1. The summed E-state index contributed by atoms with van der Waals surface area (Å²) in [6, 6.07) is 5.33. The van der Waals surface area contributed by atoms with E-state index in [-0.39, 0.29) is 5.82 Å². The van der Waals surface area contributed by atoms with Gasteiger partial charge in [-0.1, -0.05) is 12.1 Å². The molecule has 3 heteroatoms. The first-order chi connectivity index (χ1) is 7.75. The SMILES string of the molecule is Cc1cc(CNCC2CCCS2)ccc1F. The molecule has 0 bridgehead atoms. The fraction of sp³-hybridized carbons (Fsp3) is 0.538. The van der Waals surface area contributed by atoms with Gasteiger partial charge in [-0.05, 0) is 42.7 Å². The fourth-order valence-corrected chi connectivity index (χ4v) is 3.24. The molecule has 1 nitrogen and oxygen atoms in total. The van der Waals surface area contributed by atoms with E-state index < -0.39 is 0 Å². The van der Waals surface area contributed by atoms with Gasteiger partial charge in [-0.15, -0.1) is 0 Å². The van der Waals surface area contributed by atoms with E-state index in [9.17, 15) is 4.39 Å². The monoisotopic (exact) mass is 239 g/mol. The van der Waals surface area contributed by atoms with Crippen LogP contribution in [0.15, 0.2) is 18.2 Å². The van der Waals surface area contributed by atoms with Crippen LogP contribution in [0.5, 0.6) is 0 Å². The molecule has 1 unspecified atom stereocenters. The molecule has 0 aromatic heterocycles. The summed E-state index contributed by atoms with van der Waals surface area (Å²) in [6.07, 6.45) is 2.69. The van der Waals surface area contributed by atoms with Crippen LogP contribution >= 0.6 is 11.8 Å². The van der Waals surface area contributed by atoms with Crippen molar-refractivity contribution >= 4 is 11.8 Å². The summed E-state index contributed by atoms with van der Waals surface area (Å²) in [6.45, 7) is 3.73. The van der Waals surface area contributed by atoms with Gasteiger partial charge in [0.25, 0.3) is 0 Å². The summed E-state index contributed by atoms with van der Waals surface area (Å²) in [5.74, 6) is 1.19. The standard InChI is InChI=1S/C13H18FNS/c1-10-7-11(4-5-13(10)14)8-15-9-12-3-2-6-16-12/h4-5,7,12,15H,2-3,6,8-9H2,1H3. The molecule has 0 radical (unpaired) electrons. The lowest BCUT2D eigenvalue weighted by Gasteiger charge is -2.10. The van der Waals surface area contributed by atoms with E-state index in [2.05, 4.69) is 17.1 Å². The minimum Gasteiger partial charge on any atom is -0.312 e. The van der Waals surface area contributed by atoms with E-state index in [4.69, 9.17) is 0 Å². The van der Waals surface area contributed by atoms with Gasteiger partial charge in [-0.25, -0.2) is 4.39 Å². The second kappa shape index (κ2) is 5.69. The summed E-state index contributed by atoms with van der Waals surface area (Å²) in [4.78, 5) is 0. The van der Waals surface area contributed by atoms with Crippen LogP contribution in [0, 0.1) is 12.7 Å². The normalized spacial score (nSPS) is 20.2. The largest absolute Gasteiger partial charge is 0.312 e. The number of hydrogen-bond acceptors (Lipinski definition) is 2. The van der Waals surface area contributed by atoms with Crippen molar-refractivity contribution in [3.05, 3.63) is 35.1 Å². The molecule has 1 aliphatic rings. The number of halogens is 1. The van der Waals surface area contributed by atoms with Crippen molar-refractivity contribution in [2.75, 3.05) is 12.3 Å². The summed E-state index contributed by atoms with van der Waals surface area (Å²) in [5.41, 5.74) is 1.90. The van der Waals surface area contributed by atoms with Crippen molar-refractivity contribution in [1.29, 1.82) is 0 Å². The topological polar surface area (TPSA) is 12.0 Å². The van der Waals surface area contributed by atoms with E-state index in [1.54, 1.807) is 6.07 Å². The highest BCUT2D eigenvalue weighted by Gasteiger charge is 2.14. The molecular weight excluding hydrogens is 221 g/mol. The lowest BCUT2D eigenvalue weighted by atomic mass is 10.1. The predicted octanol–water partition coefficient (Wildman–Crippen LogP) is 3.12.